The Bertz CT molecular complexity index is 1360. The summed E-state index contributed by atoms with van der Waals surface area (Å²) in [6.07, 6.45) is 0.970. The molecular weight excluding hydrogens is 448 g/mol. The zero-order valence-electron chi connectivity index (χ0n) is 18.4. The highest BCUT2D eigenvalue weighted by Crippen LogP contribution is 2.31. The van der Waals surface area contributed by atoms with Gasteiger partial charge in [0.05, 0.1) is 12.1 Å². The molecule has 1 aromatic heterocycles. The van der Waals surface area contributed by atoms with Crippen molar-refractivity contribution in [2.45, 2.75) is 33.2 Å². The largest absolute Gasteiger partial charge is 0.506 e. The van der Waals surface area contributed by atoms with Crippen molar-refractivity contribution < 1.29 is 23.4 Å². The lowest BCUT2D eigenvalue weighted by atomic mass is 10.1. The zero-order valence-corrected chi connectivity index (χ0v) is 19.2. The molecule has 0 fully saturated rings. The number of nitrogens with one attached hydrogen (secondary N) is 1. The van der Waals surface area contributed by atoms with Crippen LogP contribution in [0.1, 0.15) is 32.3 Å². The highest BCUT2D eigenvalue weighted by Gasteiger charge is 2.35. The molecule has 0 spiro atoms. The van der Waals surface area contributed by atoms with Gasteiger partial charge < -0.3 is 20.1 Å². The fourth-order valence-electron chi connectivity index (χ4n) is 4.14. The number of carbonyl (C=O) groups is 1. The molecule has 1 aromatic carbocycles. The van der Waals surface area contributed by atoms with E-state index in [2.05, 4.69) is 9.71 Å². The van der Waals surface area contributed by atoms with Crippen LogP contribution in [-0.2, 0) is 21.4 Å². The van der Waals surface area contributed by atoms with Gasteiger partial charge >= 0.3 is 5.97 Å². The molecule has 2 aromatic rings. The first kappa shape index (κ1) is 23.0. The third kappa shape index (κ3) is 4.38. The van der Waals surface area contributed by atoms with Gasteiger partial charge in [-0.3, -0.25) is 14.5 Å². The van der Waals surface area contributed by atoms with Crippen molar-refractivity contribution in [2.75, 3.05) is 19.6 Å². The summed E-state index contributed by atoms with van der Waals surface area (Å²) in [5.74, 6) is -1.26. The number of fused-ring (bicyclic) bond motifs is 1. The highest BCUT2D eigenvalue weighted by molar-refractivity contribution is 7.94. The van der Waals surface area contributed by atoms with Crippen molar-refractivity contribution in [1.29, 1.82) is 0 Å². The second-order valence-electron chi connectivity index (χ2n) is 8.68. The number of pyridine rings is 1. The van der Waals surface area contributed by atoms with Gasteiger partial charge in [0, 0.05) is 37.1 Å². The summed E-state index contributed by atoms with van der Waals surface area (Å²) in [5.41, 5.74) is 0.203. The highest BCUT2D eigenvalue weighted by atomic mass is 32.2. The van der Waals surface area contributed by atoms with E-state index in [4.69, 9.17) is 5.11 Å². The average Bonchev–Trinajstić information content (AvgIpc) is 2.73. The molecule has 3 N–H and O–H groups in total. The second-order valence-corrected chi connectivity index (χ2v) is 10.3. The Morgan fingerprint density at radius 1 is 1.27 bits per heavy atom. The Kier molecular flexibility index (Phi) is 6.02. The maximum Gasteiger partial charge on any atom is 0.317 e. The van der Waals surface area contributed by atoms with Crippen LogP contribution in [0.2, 0.25) is 0 Å². The second kappa shape index (κ2) is 8.64. The van der Waals surface area contributed by atoms with Gasteiger partial charge in [-0.05, 0) is 24.5 Å². The minimum absolute atomic E-state index is 0.0147. The molecule has 0 atom stereocenters. The predicted molar refractivity (Wildman–Crippen MR) is 124 cm³/mol. The van der Waals surface area contributed by atoms with Gasteiger partial charge in [0.25, 0.3) is 15.6 Å². The summed E-state index contributed by atoms with van der Waals surface area (Å²) in [6.45, 7) is 4.45. The maximum atomic E-state index is 13.5. The number of hydrogen-bond donors (Lipinski definition) is 3. The number of nitrogens with zero attached hydrogens (tertiary/aromatic N) is 3. The number of carboxylic acids is 1. The van der Waals surface area contributed by atoms with Crippen molar-refractivity contribution in [1.82, 2.24) is 14.8 Å². The summed E-state index contributed by atoms with van der Waals surface area (Å²) in [7, 11) is -4.16. The first-order chi connectivity index (χ1) is 15.6. The van der Waals surface area contributed by atoms with Crippen molar-refractivity contribution in [2.24, 2.45) is 10.3 Å². The minimum atomic E-state index is -4.16. The SMILES string of the molecule is CC(C)CCn1c(=O)c(C2=NS(=O)(=O)C3=C(CCN(CC(=O)O)C3)N2)c(O)c2ccccc21. The zero-order chi connectivity index (χ0) is 23.9. The number of para-hydroxylation sites is 1. The topological polar surface area (TPSA) is 141 Å². The molecule has 2 aliphatic rings. The van der Waals surface area contributed by atoms with Crippen molar-refractivity contribution in [3.63, 3.8) is 0 Å². The van der Waals surface area contributed by atoms with E-state index in [1.807, 2.05) is 13.8 Å². The predicted octanol–water partition coefficient (Wildman–Crippen LogP) is 1.43. The normalized spacial score (nSPS) is 18.2. The molecule has 3 heterocycles. The maximum absolute atomic E-state index is 13.5. The Balaban J connectivity index is 1.81. The first-order valence-corrected chi connectivity index (χ1v) is 12.2. The van der Waals surface area contributed by atoms with Gasteiger partial charge in [-0.15, -0.1) is 4.40 Å². The number of rotatable bonds is 6. The van der Waals surface area contributed by atoms with Crippen LogP contribution >= 0.6 is 0 Å². The van der Waals surface area contributed by atoms with Crippen molar-refractivity contribution >= 4 is 32.7 Å². The van der Waals surface area contributed by atoms with E-state index in [0.29, 0.717) is 35.6 Å². The molecule has 0 saturated heterocycles. The lowest BCUT2D eigenvalue weighted by molar-refractivity contribution is -0.138. The van der Waals surface area contributed by atoms with E-state index in [1.54, 1.807) is 28.8 Å². The third-order valence-corrected chi connectivity index (χ3v) is 7.27. The van der Waals surface area contributed by atoms with Crippen LogP contribution in [0, 0.1) is 5.92 Å². The van der Waals surface area contributed by atoms with E-state index < -0.39 is 21.6 Å². The fraction of sp³-hybridized carbons (Fsp3) is 0.409. The number of benzene rings is 1. The summed E-state index contributed by atoms with van der Waals surface area (Å²) < 4.78 is 31.3. The summed E-state index contributed by atoms with van der Waals surface area (Å²) >= 11 is 0. The number of hydrogen-bond acceptors (Lipinski definition) is 7. The number of aryl methyl sites for hydroxylation is 1. The van der Waals surface area contributed by atoms with Gasteiger partial charge in [0.2, 0.25) is 0 Å². The van der Waals surface area contributed by atoms with Gasteiger partial charge in [-0.1, -0.05) is 26.0 Å². The monoisotopic (exact) mass is 474 g/mol. The van der Waals surface area contributed by atoms with Crippen LogP contribution in [0.3, 0.4) is 0 Å². The van der Waals surface area contributed by atoms with E-state index in [0.717, 1.165) is 6.42 Å². The van der Waals surface area contributed by atoms with E-state index in [9.17, 15) is 23.1 Å². The third-order valence-electron chi connectivity index (χ3n) is 5.85. The standard InChI is InChI=1S/C22H26N4O6S/c1-13(2)7-10-26-16-6-4-3-5-14(16)20(29)19(22(26)30)21-23-15-8-9-25(12-18(27)28)11-17(15)33(31,32)24-21/h3-6,13,29H,7-12H2,1-2H3,(H,23,24)(H,27,28). The first-order valence-electron chi connectivity index (χ1n) is 10.7. The molecule has 4 rings (SSSR count). The van der Waals surface area contributed by atoms with Gasteiger partial charge in [0.1, 0.15) is 16.2 Å². The molecule has 10 nitrogen and oxygen atoms in total. The van der Waals surface area contributed by atoms with Crippen LogP contribution in [-0.4, -0.2) is 59.5 Å². The number of aromatic hydroxyl groups is 1. The Hall–Kier alpha value is -3.18. The van der Waals surface area contributed by atoms with Gasteiger partial charge in [-0.25, -0.2) is 0 Å². The van der Waals surface area contributed by atoms with Crippen LogP contribution in [0.15, 0.2) is 44.1 Å². The number of amidine groups is 1. The van der Waals surface area contributed by atoms with Crippen LogP contribution < -0.4 is 10.9 Å². The van der Waals surface area contributed by atoms with Crippen molar-refractivity contribution in [3.05, 3.63) is 50.8 Å². The number of aliphatic carboxylic acids is 1. The summed E-state index contributed by atoms with van der Waals surface area (Å²) in [4.78, 5) is 26.0. The molecule has 33 heavy (non-hydrogen) atoms. The molecule has 0 amide bonds. The lowest BCUT2D eigenvalue weighted by Gasteiger charge is -2.31. The smallest absolute Gasteiger partial charge is 0.317 e. The molecule has 0 bridgehead atoms. The van der Waals surface area contributed by atoms with E-state index in [1.165, 1.54) is 4.90 Å². The minimum Gasteiger partial charge on any atom is -0.506 e. The molecular formula is C22H26N4O6S. The van der Waals surface area contributed by atoms with E-state index in [-0.39, 0.29) is 41.6 Å². The Morgan fingerprint density at radius 2 is 2.00 bits per heavy atom. The molecule has 11 heteroatoms. The molecule has 0 radical (unpaired) electrons. The molecule has 176 valence electrons. The Morgan fingerprint density at radius 3 is 2.70 bits per heavy atom. The molecule has 0 unspecified atom stereocenters. The van der Waals surface area contributed by atoms with Crippen LogP contribution in [0.4, 0.5) is 0 Å². The van der Waals surface area contributed by atoms with E-state index >= 15 is 0 Å². The van der Waals surface area contributed by atoms with Crippen LogP contribution in [0.25, 0.3) is 10.9 Å². The van der Waals surface area contributed by atoms with Gasteiger partial charge in [0.15, 0.2) is 5.84 Å². The number of carboxylic acid groups (broad SMARTS) is 1. The summed E-state index contributed by atoms with van der Waals surface area (Å²) in [6, 6.07) is 6.92. The van der Waals surface area contributed by atoms with Crippen LogP contribution in [0.5, 0.6) is 5.75 Å². The molecule has 0 saturated carbocycles. The summed E-state index contributed by atoms with van der Waals surface area (Å²) in [5, 5.41) is 23.4. The van der Waals surface area contributed by atoms with Crippen molar-refractivity contribution in [3.8, 4) is 5.75 Å². The Labute approximate surface area is 190 Å². The van der Waals surface area contributed by atoms with Gasteiger partial charge in [-0.2, -0.15) is 8.42 Å². The average molecular weight is 475 g/mol. The molecule has 2 aliphatic heterocycles. The molecule has 0 aliphatic carbocycles. The lowest BCUT2D eigenvalue weighted by Crippen LogP contribution is -2.44. The number of aromatic nitrogens is 1. The number of sulfonamides is 1. The quantitative estimate of drug-likeness (QED) is 0.571. The fourth-order valence-corrected chi connectivity index (χ4v) is 5.44.